The lowest BCUT2D eigenvalue weighted by molar-refractivity contribution is 0.242. The lowest BCUT2D eigenvalue weighted by atomic mass is 10.3. The highest BCUT2D eigenvalue weighted by atomic mass is 16.4. The van der Waals surface area contributed by atoms with Gasteiger partial charge in [-0.2, -0.15) is 10.2 Å². The first-order valence-corrected chi connectivity index (χ1v) is 4.95. The van der Waals surface area contributed by atoms with E-state index in [-0.39, 0.29) is 11.4 Å². The first kappa shape index (κ1) is 15.6. The quantitative estimate of drug-likeness (QED) is 0.336. The zero-order valence-electron chi connectivity index (χ0n) is 10.6. The molecule has 0 aliphatic heterocycles. The maximum absolute atomic E-state index is 11.2. The Morgan fingerprint density at radius 2 is 1.11 bits per heavy atom. The topological polar surface area (TPSA) is 131 Å². The summed E-state index contributed by atoms with van der Waals surface area (Å²) in [5, 5.41) is 30.1. The van der Waals surface area contributed by atoms with Gasteiger partial charge in [-0.1, -0.05) is 10.3 Å². The van der Waals surface area contributed by atoms with E-state index in [1.807, 2.05) is 0 Å². The number of carbonyl (C=O) groups is 1. The monoisotopic (exact) mass is 256 g/mol. The number of nitrogens with zero attached hydrogens (tertiary/aromatic N) is 4. The van der Waals surface area contributed by atoms with Crippen LogP contribution in [0, 0.1) is 0 Å². The number of rotatable bonds is 4. The van der Waals surface area contributed by atoms with Crippen LogP contribution in [0.4, 0.5) is 4.79 Å². The van der Waals surface area contributed by atoms with Crippen molar-refractivity contribution in [1.82, 2.24) is 10.9 Å². The van der Waals surface area contributed by atoms with Crippen molar-refractivity contribution < 1.29 is 15.2 Å². The van der Waals surface area contributed by atoms with E-state index in [0.717, 1.165) is 0 Å². The molecule has 0 unspecified atom stereocenters. The van der Waals surface area contributed by atoms with Gasteiger partial charge in [-0.15, -0.1) is 0 Å². The minimum Gasteiger partial charge on any atom is -0.411 e. The molecule has 0 aromatic rings. The molecule has 9 nitrogen and oxygen atoms in total. The van der Waals surface area contributed by atoms with Crippen molar-refractivity contribution in [1.29, 1.82) is 0 Å². The molecule has 0 rings (SSSR count). The van der Waals surface area contributed by atoms with Crippen molar-refractivity contribution in [2.75, 3.05) is 0 Å². The van der Waals surface area contributed by atoms with E-state index in [1.165, 1.54) is 13.8 Å². The van der Waals surface area contributed by atoms with Crippen molar-refractivity contribution in [2.45, 2.75) is 27.7 Å². The average molecular weight is 256 g/mol. The summed E-state index contributed by atoms with van der Waals surface area (Å²) in [5.74, 6) is 0. The second-order valence-corrected chi connectivity index (χ2v) is 3.32. The number of urea groups is 1. The van der Waals surface area contributed by atoms with Crippen molar-refractivity contribution >= 4 is 28.9 Å². The number of hydrogen-bond acceptors (Lipinski definition) is 7. The fourth-order valence-electron chi connectivity index (χ4n) is 0.601. The predicted molar refractivity (Wildman–Crippen MR) is 67.7 cm³/mol. The van der Waals surface area contributed by atoms with Gasteiger partial charge in [0.05, 0.1) is 22.8 Å². The van der Waals surface area contributed by atoms with Crippen LogP contribution in [0.25, 0.3) is 0 Å². The molecule has 0 atom stereocenters. The Morgan fingerprint density at radius 1 is 0.778 bits per heavy atom. The molecule has 0 saturated heterocycles. The summed E-state index contributed by atoms with van der Waals surface area (Å²) < 4.78 is 0. The highest BCUT2D eigenvalue weighted by Gasteiger charge is 2.01. The maximum Gasteiger partial charge on any atom is 0.355 e. The molecule has 9 heteroatoms. The van der Waals surface area contributed by atoms with Gasteiger partial charge in [0.1, 0.15) is 0 Å². The molecular weight excluding hydrogens is 240 g/mol. The van der Waals surface area contributed by atoms with Crippen molar-refractivity contribution in [3.05, 3.63) is 0 Å². The minimum atomic E-state index is -0.676. The highest BCUT2D eigenvalue weighted by molar-refractivity contribution is 6.40. The van der Waals surface area contributed by atoms with E-state index in [0.29, 0.717) is 11.4 Å². The lowest BCUT2D eigenvalue weighted by Crippen LogP contribution is -2.31. The standard InChI is InChI=1S/C9H16N6O3/c1-5(7(3)14-17)10-12-9(16)13-11-6(2)8(4)15-18/h17-18H,1-4H3,(H2,12,13,16)/b10-5+,11-6+,14-7+,15-8+. The average Bonchev–Trinajstić information content (AvgIpc) is 2.39. The highest BCUT2D eigenvalue weighted by Crippen LogP contribution is 1.83. The second kappa shape index (κ2) is 7.76. The Morgan fingerprint density at radius 3 is 1.39 bits per heavy atom. The Kier molecular flexibility index (Phi) is 6.71. The largest absolute Gasteiger partial charge is 0.411 e. The van der Waals surface area contributed by atoms with Gasteiger partial charge in [0, 0.05) is 0 Å². The SMILES string of the molecule is CC(=N\O)/C(C)=N/NC(=O)N/N=C(C)/C(C)=N/O. The summed E-state index contributed by atoms with van der Waals surface area (Å²) in [6.07, 6.45) is 0. The number of hydrazone groups is 2. The summed E-state index contributed by atoms with van der Waals surface area (Å²) in [4.78, 5) is 11.2. The van der Waals surface area contributed by atoms with Crippen LogP contribution in [0.3, 0.4) is 0 Å². The van der Waals surface area contributed by atoms with E-state index in [4.69, 9.17) is 10.4 Å². The normalized spacial score (nSPS) is 14.4. The zero-order chi connectivity index (χ0) is 14.1. The van der Waals surface area contributed by atoms with Gasteiger partial charge in [-0.25, -0.2) is 15.6 Å². The van der Waals surface area contributed by atoms with Crippen molar-refractivity contribution in [2.24, 2.45) is 20.5 Å². The number of hydrogen-bond donors (Lipinski definition) is 4. The summed E-state index contributed by atoms with van der Waals surface area (Å²) in [6, 6.07) is -0.676. The van der Waals surface area contributed by atoms with Gasteiger partial charge >= 0.3 is 6.03 Å². The summed E-state index contributed by atoms with van der Waals surface area (Å²) in [6.45, 7) is 6.18. The van der Waals surface area contributed by atoms with Crippen LogP contribution in [0.15, 0.2) is 20.5 Å². The van der Waals surface area contributed by atoms with Crippen LogP contribution in [0.2, 0.25) is 0 Å². The van der Waals surface area contributed by atoms with E-state index in [1.54, 1.807) is 13.8 Å². The summed E-state index contributed by atoms with van der Waals surface area (Å²) in [7, 11) is 0. The van der Waals surface area contributed by atoms with Gasteiger partial charge in [-0.05, 0) is 27.7 Å². The summed E-state index contributed by atoms with van der Waals surface area (Å²) >= 11 is 0. The minimum absolute atomic E-state index is 0.276. The smallest absolute Gasteiger partial charge is 0.355 e. The third-order valence-corrected chi connectivity index (χ3v) is 2.00. The molecule has 0 aliphatic rings. The van der Waals surface area contributed by atoms with E-state index >= 15 is 0 Å². The van der Waals surface area contributed by atoms with E-state index in [2.05, 4.69) is 31.4 Å². The third kappa shape index (κ3) is 5.58. The Labute approximate surface area is 104 Å². The second-order valence-electron chi connectivity index (χ2n) is 3.32. The molecule has 0 aromatic carbocycles. The molecule has 0 spiro atoms. The molecule has 18 heavy (non-hydrogen) atoms. The fraction of sp³-hybridized carbons (Fsp3) is 0.444. The number of oxime groups is 2. The predicted octanol–water partition coefficient (Wildman–Crippen LogP) is 0.738. The molecule has 2 amide bonds. The Bertz CT molecular complexity index is 386. The van der Waals surface area contributed by atoms with Crippen LogP contribution in [-0.2, 0) is 0 Å². The molecule has 0 fully saturated rings. The van der Waals surface area contributed by atoms with Crippen LogP contribution in [0.1, 0.15) is 27.7 Å². The van der Waals surface area contributed by atoms with Gasteiger partial charge in [0.15, 0.2) is 0 Å². The molecule has 4 N–H and O–H groups in total. The van der Waals surface area contributed by atoms with Crippen LogP contribution in [0.5, 0.6) is 0 Å². The van der Waals surface area contributed by atoms with Crippen LogP contribution >= 0.6 is 0 Å². The van der Waals surface area contributed by atoms with Crippen LogP contribution < -0.4 is 10.9 Å². The first-order chi connectivity index (χ1) is 8.42. The van der Waals surface area contributed by atoms with Gasteiger partial charge in [0.25, 0.3) is 0 Å². The molecule has 100 valence electrons. The zero-order valence-corrected chi connectivity index (χ0v) is 10.6. The molecule has 0 aromatic heterocycles. The summed E-state index contributed by atoms with van der Waals surface area (Å²) in [5.41, 5.74) is 5.54. The Balaban J connectivity index is 4.39. The lowest BCUT2D eigenvalue weighted by Gasteiger charge is -2.01. The molecule has 0 heterocycles. The number of carbonyl (C=O) groups excluding carboxylic acids is 1. The fourth-order valence-corrected chi connectivity index (χ4v) is 0.601. The van der Waals surface area contributed by atoms with Gasteiger partial charge in [0.2, 0.25) is 0 Å². The van der Waals surface area contributed by atoms with Crippen molar-refractivity contribution in [3.8, 4) is 0 Å². The Hall–Kier alpha value is -2.45. The third-order valence-electron chi connectivity index (χ3n) is 2.00. The maximum atomic E-state index is 11.2. The molecule has 0 aliphatic carbocycles. The molecule has 0 saturated carbocycles. The van der Waals surface area contributed by atoms with Crippen LogP contribution in [-0.4, -0.2) is 39.3 Å². The van der Waals surface area contributed by atoms with E-state index in [9.17, 15) is 4.79 Å². The molecular formula is C9H16N6O3. The van der Waals surface area contributed by atoms with Gasteiger partial charge < -0.3 is 10.4 Å². The number of nitrogens with one attached hydrogen (secondary N) is 2. The molecule has 0 radical (unpaired) electrons. The first-order valence-electron chi connectivity index (χ1n) is 4.95. The van der Waals surface area contributed by atoms with Crippen molar-refractivity contribution in [3.63, 3.8) is 0 Å². The molecule has 0 bridgehead atoms. The van der Waals surface area contributed by atoms with E-state index < -0.39 is 6.03 Å². The van der Waals surface area contributed by atoms with Gasteiger partial charge in [-0.3, -0.25) is 0 Å². The number of amides is 2.